The predicted octanol–water partition coefficient (Wildman–Crippen LogP) is 5.15. The first-order chi connectivity index (χ1) is 10.7. The molecule has 116 valence electrons. The lowest BCUT2D eigenvalue weighted by molar-refractivity contribution is 0.292. The second-order valence-electron chi connectivity index (χ2n) is 4.93. The van der Waals surface area contributed by atoms with Gasteiger partial charge in [-0.25, -0.2) is 0 Å². The summed E-state index contributed by atoms with van der Waals surface area (Å²) in [5, 5.41) is 0. The summed E-state index contributed by atoms with van der Waals surface area (Å²) in [6, 6.07) is 12.1. The first-order valence-corrected chi connectivity index (χ1v) is 8.33. The van der Waals surface area contributed by atoms with Crippen molar-refractivity contribution in [2.75, 3.05) is 13.7 Å². The summed E-state index contributed by atoms with van der Waals surface area (Å²) in [5.74, 6) is 1.55. The van der Waals surface area contributed by atoms with Gasteiger partial charge in [0.25, 0.3) is 0 Å². The van der Waals surface area contributed by atoms with Crippen LogP contribution in [0.3, 0.4) is 0 Å². The predicted molar refractivity (Wildman–Crippen MR) is 99.9 cm³/mol. The van der Waals surface area contributed by atoms with Crippen LogP contribution in [0.25, 0.3) is 0 Å². The molecule has 0 aliphatic rings. The van der Waals surface area contributed by atoms with E-state index < -0.39 is 0 Å². The van der Waals surface area contributed by atoms with Gasteiger partial charge in [-0.3, -0.25) is 4.99 Å². The van der Waals surface area contributed by atoms with E-state index in [2.05, 4.69) is 53.6 Å². The van der Waals surface area contributed by atoms with E-state index in [0.29, 0.717) is 6.61 Å². The van der Waals surface area contributed by atoms with Crippen LogP contribution in [-0.4, -0.2) is 19.9 Å². The van der Waals surface area contributed by atoms with Gasteiger partial charge in [0.2, 0.25) is 0 Å². The normalized spacial score (nSPS) is 10.9. The molecule has 0 spiro atoms. The number of aliphatic imine (C=N–C) groups is 1. The largest absolute Gasteiger partial charge is 0.493 e. The van der Waals surface area contributed by atoms with Gasteiger partial charge >= 0.3 is 0 Å². The van der Waals surface area contributed by atoms with E-state index >= 15 is 0 Å². The maximum Gasteiger partial charge on any atom is 0.174 e. The molecule has 0 aliphatic carbocycles. The Hall–Kier alpha value is -1.56. The average Bonchev–Trinajstić information content (AvgIpc) is 2.52. The second kappa shape index (κ2) is 8.17. The van der Waals surface area contributed by atoms with Crippen LogP contribution in [-0.2, 0) is 0 Å². The number of rotatable bonds is 6. The molecule has 22 heavy (non-hydrogen) atoms. The fourth-order valence-corrected chi connectivity index (χ4v) is 2.79. The van der Waals surface area contributed by atoms with Gasteiger partial charge < -0.3 is 9.47 Å². The van der Waals surface area contributed by atoms with Crippen LogP contribution in [0.4, 0.5) is 5.69 Å². The monoisotopic (exact) mass is 409 g/mol. The van der Waals surface area contributed by atoms with Crippen LogP contribution in [0.5, 0.6) is 11.5 Å². The van der Waals surface area contributed by atoms with Crippen molar-refractivity contribution < 1.29 is 9.47 Å². The van der Waals surface area contributed by atoms with E-state index in [1.165, 1.54) is 0 Å². The number of hydrogen-bond donors (Lipinski definition) is 0. The molecule has 2 aromatic rings. The zero-order chi connectivity index (χ0) is 15.9. The van der Waals surface area contributed by atoms with Crippen LogP contribution in [0.1, 0.15) is 24.5 Å². The fourth-order valence-electron chi connectivity index (χ4n) is 2.01. The smallest absolute Gasteiger partial charge is 0.174 e. The molecule has 0 radical (unpaired) electrons. The molecule has 0 atom stereocenters. The lowest BCUT2D eigenvalue weighted by atomic mass is 10.2. The van der Waals surface area contributed by atoms with Gasteiger partial charge in [-0.15, -0.1) is 0 Å². The molecule has 0 unspecified atom stereocenters. The Labute approximate surface area is 145 Å². The van der Waals surface area contributed by atoms with E-state index in [1.54, 1.807) is 7.11 Å². The van der Waals surface area contributed by atoms with Gasteiger partial charge in [-0.2, -0.15) is 0 Å². The van der Waals surface area contributed by atoms with E-state index in [4.69, 9.17) is 9.47 Å². The van der Waals surface area contributed by atoms with Crippen molar-refractivity contribution in [1.29, 1.82) is 0 Å². The molecule has 3 nitrogen and oxygen atoms in total. The Bertz CT molecular complexity index is 668. The third kappa shape index (κ3) is 4.22. The summed E-state index contributed by atoms with van der Waals surface area (Å²) < 4.78 is 12.2. The van der Waals surface area contributed by atoms with Crippen molar-refractivity contribution in [3.05, 3.63) is 51.1 Å². The zero-order valence-electron chi connectivity index (χ0n) is 13.1. The maximum absolute atomic E-state index is 5.77. The molecule has 4 heteroatoms. The standard InChI is InChI=1S/C18H20INO2/c1-4-9-22-18-15(19)10-14(11-17(18)21-3)12-20-16-8-6-5-7-13(16)2/h5-8,10-12H,4,9H2,1-3H3. The molecule has 0 saturated heterocycles. The van der Waals surface area contributed by atoms with Crippen LogP contribution >= 0.6 is 22.6 Å². The molecule has 0 heterocycles. The minimum Gasteiger partial charge on any atom is -0.493 e. The number of nitrogens with zero attached hydrogens (tertiary/aromatic N) is 1. The highest BCUT2D eigenvalue weighted by Crippen LogP contribution is 2.33. The Kier molecular flexibility index (Phi) is 6.24. The SMILES string of the molecule is CCCOc1c(I)cc(C=Nc2ccccc2C)cc1OC. The minimum absolute atomic E-state index is 0.684. The third-order valence-corrected chi connectivity index (χ3v) is 3.97. The molecule has 2 rings (SSSR count). The van der Waals surface area contributed by atoms with Crippen molar-refractivity contribution in [3.63, 3.8) is 0 Å². The molecule has 0 aromatic heterocycles. The highest BCUT2D eigenvalue weighted by atomic mass is 127. The van der Waals surface area contributed by atoms with Gasteiger partial charge in [0, 0.05) is 6.21 Å². The van der Waals surface area contributed by atoms with E-state index in [-0.39, 0.29) is 0 Å². The van der Waals surface area contributed by atoms with Crippen LogP contribution in [0.2, 0.25) is 0 Å². The van der Waals surface area contributed by atoms with Crippen LogP contribution < -0.4 is 9.47 Å². The number of aryl methyl sites for hydroxylation is 1. The van der Waals surface area contributed by atoms with Crippen molar-refractivity contribution in [1.82, 2.24) is 0 Å². The highest BCUT2D eigenvalue weighted by Gasteiger charge is 2.10. The quantitative estimate of drug-likeness (QED) is 0.488. The average molecular weight is 409 g/mol. The van der Waals surface area contributed by atoms with E-state index in [1.807, 2.05) is 30.5 Å². The topological polar surface area (TPSA) is 30.8 Å². The number of halogens is 1. The summed E-state index contributed by atoms with van der Waals surface area (Å²) in [5.41, 5.74) is 3.12. The molecule has 0 N–H and O–H groups in total. The molecule has 0 fully saturated rings. The molecule has 0 saturated carbocycles. The molecule has 0 bridgehead atoms. The summed E-state index contributed by atoms with van der Waals surface area (Å²) in [4.78, 5) is 4.56. The van der Waals surface area contributed by atoms with Crippen LogP contribution in [0, 0.1) is 10.5 Å². The van der Waals surface area contributed by atoms with Gasteiger partial charge in [-0.05, 0) is 65.3 Å². The van der Waals surface area contributed by atoms with Crippen molar-refractivity contribution in [2.24, 2.45) is 4.99 Å². The second-order valence-corrected chi connectivity index (χ2v) is 6.09. The fraction of sp³-hybridized carbons (Fsp3) is 0.278. The summed E-state index contributed by atoms with van der Waals surface area (Å²) in [6.07, 6.45) is 2.83. The molecule has 2 aromatic carbocycles. The van der Waals surface area contributed by atoms with Crippen molar-refractivity contribution in [2.45, 2.75) is 20.3 Å². The molecular weight excluding hydrogens is 389 g/mol. The third-order valence-electron chi connectivity index (χ3n) is 3.17. The van der Waals surface area contributed by atoms with E-state index in [0.717, 1.165) is 38.3 Å². The Morgan fingerprint density at radius 1 is 1.23 bits per heavy atom. The lowest BCUT2D eigenvalue weighted by Gasteiger charge is -2.12. The van der Waals surface area contributed by atoms with Gasteiger partial charge in [0.1, 0.15) is 0 Å². The summed E-state index contributed by atoms with van der Waals surface area (Å²) in [6.45, 7) is 4.82. The Morgan fingerprint density at radius 2 is 2.00 bits per heavy atom. The first-order valence-electron chi connectivity index (χ1n) is 7.25. The molecular formula is C18H20INO2. The highest BCUT2D eigenvalue weighted by molar-refractivity contribution is 14.1. The molecule has 0 aliphatic heterocycles. The molecule has 0 amide bonds. The minimum atomic E-state index is 0.684. The summed E-state index contributed by atoms with van der Waals surface area (Å²) >= 11 is 2.27. The first kappa shape index (κ1) is 16.8. The number of hydrogen-bond acceptors (Lipinski definition) is 3. The number of para-hydroxylation sites is 1. The number of methoxy groups -OCH3 is 1. The number of ether oxygens (including phenoxy) is 2. The van der Waals surface area contributed by atoms with Crippen molar-refractivity contribution >= 4 is 34.5 Å². The van der Waals surface area contributed by atoms with E-state index in [9.17, 15) is 0 Å². The maximum atomic E-state index is 5.77. The van der Waals surface area contributed by atoms with Crippen molar-refractivity contribution in [3.8, 4) is 11.5 Å². The summed E-state index contributed by atoms with van der Waals surface area (Å²) in [7, 11) is 1.66. The Morgan fingerprint density at radius 3 is 2.68 bits per heavy atom. The lowest BCUT2D eigenvalue weighted by Crippen LogP contribution is -2.01. The van der Waals surface area contributed by atoms with Gasteiger partial charge in [0.15, 0.2) is 11.5 Å². The van der Waals surface area contributed by atoms with Crippen LogP contribution in [0.15, 0.2) is 41.4 Å². The Balaban J connectivity index is 2.29. The van der Waals surface area contributed by atoms with Gasteiger partial charge in [-0.1, -0.05) is 25.1 Å². The number of benzene rings is 2. The van der Waals surface area contributed by atoms with Gasteiger partial charge in [0.05, 0.1) is 23.0 Å². The zero-order valence-corrected chi connectivity index (χ0v) is 15.3.